The Hall–Kier alpha value is -1.58. The zero-order valence-corrected chi connectivity index (χ0v) is 24.5. The van der Waals surface area contributed by atoms with Crippen molar-refractivity contribution in [3.8, 4) is 0 Å². The third-order valence-electron chi connectivity index (χ3n) is 5.16. The van der Waals surface area contributed by atoms with Gasteiger partial charge in [0.15, 0.2) is 11.6 Å². The molecule has 0 amide bonds. The Morgan fingerprint density at radius 2 is 1.26 bits per heavy atom. The maximum atomic E-state index is 13.3. The number of nitrogen functional groups attached to an aromatic ring is 1. The van der Waals surface area contributed by atoms with Crippen molar-refractivity contribution < 1.29 is 35.5 Å². The van der Waals surface area contributed by atoms with Crippen LogP contribution in [0.25, 0.3) is 0 Å². The maximum absolute atomic E-state index is 13.3. The van der Waals surface area contributed by atoms with Gasteiger partial charge >= 0.3 is 0 Å². The van der Waals surface area contributed by atoms with Crippen molar-refractivity contribution in [1.29, 1.82) is 0 Å². The predicted molar refractivity (Wildman–Crippen MR) is 130 cm³/mol. The minimum absolute atomic E-state index is 0. The fraction of sp³-hybridized carbons (Fsp3) is 0.0476. The molecule has 10 nitrogen and oxygen atoms in total. The van der Waals surface area contributed by atoms with Gasteiger partial charge in [0.1, 0.15) is 9.79 Å². The van der Waals surface area contributed by atoms with Crippen LogP contribution in [0, 0.1) is 6.92 Å². The van der Waals surface area contributed by atoms with Gasteiger partial charge in [-0.3, -0.25) is 18.7 Å². The van der Waals surface area contributed by atoms with Gasteiger partial charge in [-0.15, -0.1) is 0 Å². The number of aryl methyl sites for hydroxylation is 1. The molecule has 0 saturated heterocycles. The largest absolute Gasteiger partial charge is 0.397 e. The fourth-order valence-corrected chi connectivity index (χ4v) is 5.08. The van der Waals surface area contributed by atoms with Gasteiger partial charge in [0, 0.05) is 70.2 Å². The molecule has 3 aromatic carbocycles. The molecule has 0 saturated carbocycles. The third-order valence-corrected chi connectivity index (χ3v) is 6.95. The molecule has 0 fully saturated rings. The second kappa shape index (κ2) is 10.4. The molecule has 0 atom stereocenters. The van der Waals surface area contributed by atoms with Crippen LogP contribution in [0.15, 0.2) is 58.3 Å². The molecule has 0 aliphatic heterocycles. The number of carbonyl (C=O) groups excluding carboxylic acids is 2. The summed E-state index contributed by atoms with van der Waals surface area (Å²) in [6.07, 6.45) is 0. The van der Waals surface area contributed by atoms with Crippen molar-refractivity contribution in [3.63, 3.8) is 0 Å². The van der Waals surface area contributed by atoms with Crippen LogP contribution in [0.4, 0.5) is 17.1 Å². The summed E-state index contributed by atoms with van der Waals surface area (Å²) in [5.41, 5.74) is 4.57. The Kier molecular flexibility index (Phi) is 8.83. The van der Waals surface area contributed by atoms with E-state index in [4.69, 9.17) is 5.73 Å². The van der Waals surface area contributed by atoms with E-state index in [0.717, 1.165) is 12.1 Å². The van der Waals surface area contributed by atoms with E-state index in [2.05, 4.69) is 5.32 Å². The number of hydrogen-bond acceptors (Lipinski definition) is 8. The molecule has 1 aliphatic carbocycles. The second-order valence-corrected chi connectivity index (χ2v) is 10.1. The average Bonchev–Trinajstić information content (AvgIpc) is 2.72. The SMILES string of the molecule is Cc1ccc(Nc2cc(S(=O)(=O)O)c(N)c3c2C(=O)c2ccccc2C3=O)c(S(=O)(=O)O)c1.[Na].[Na]. The van der Waals surface area contributed by atoms with Crippen molar-refractivity contribution in [1.82, 2.24) is 0 Å². The summed E-state index contributed by atoms with van der Waals surface area (Å²) in [4.78, 5) is 25.1. The molecule has 172 valence electrons. The zero-order chi connectivity index (χ0) is 24.3. The molecule has 35 heavy (non-hydrogen) atoms. The van der Waals surface area contributed by atoms with Gasteiger partial charge in [-0.25, -0.2) is 0 Å². The second-order valence-electron chi connectivity index (χ2n) is 7.36. The third kappa shape index (κ3) is 5.42. The van der Waals surface area contributed by atoms with E-state index in [1.54, 1.807) is 6.92 Å². The molecule has 5 N–H and O–H groups in total. The van der Waals surface area contributed by atoms with E-state index < -0.39 is 52.8 Å². The first kappa shape index (κ1) is 29.6. The molecular weight excluding hydrogens is 518 g/mol. The first-order valence-electron chi connectivity index (χ1n) is 9.28. The molecule has 1 aliphatic rings. The number of anilines is 3. The smallest absolute Gasteiger partial charge is 0.296 e. The summed E-state index contributed by atoms with van der Waals surface area (Å²) in [5.74, 6) is -1.41. The topological polar surface area (TPSA) is 181 Å². The van der Waals surface area contributed by atoms with Crippen LogP contribution in [-0.4, -0.2) is 96.6 Å². The molecule has 0 heterocycles. The maximum Gasteiger partial charge on any atom is 0.296 e. The average molecular weight is 534 g/mol. The van der Waals surface area contributed by atoms with Gasteiger partial charge in [-0.2, -0.15) is 16.8 Å². The fourth-order valence-electron chi connectivity index (χ4n) is 3.70. The first-order chi connectivity index (χ1) is 15.3. The van der Waals surface area contributed by atoms with E-state index >= 15 is 0 Å². The Balaban J connectivity index is 0.00000216. The van der Waals surface area contributed by atoms with E-state index in [1.807, 2.05) is 0 Å². The number of rotatable bonds is 4. The summed E-state index contributed by atoms with van der Waals surface area (Å²) in [7, 11) is -9.67. The van der Waals surface area contributed by atoms with E-state index in [-0.39, 0.29) is 87.2 Å². The quantitative estimate of drug-likeness (QED) is 0.171. The van der Waals surface area contributed by atoms with Gasteiger partial charge in [-0.1, -0.05) is 30.3 Å². The van der Waals surface area contributed by atoms with Crippen LogP contribution >= 0.6 is 0 Å². The van der Waals surface area contributed by atoms with Gasteiger partial charge in [0.05, 0.1) is 28.2 Å². The molecule has 0 bridgehead atoms. The van der Waals surface area contributed by atoms with Crippen LogP contribution in [0.5, 0.6) is 0 Å². The van der Waals surface area contributed by atoms with E-state index in [1.165, 1.54) is 36.4 Å². The molecule has 0 aromatic heterocycles. The normalized spacial score (nSPS) is 12.7. The van der Waals surface area contributed by atoms with E-state index in [0.29, 0.717) is 5.56 Å². The summed E-state index contributed by atoms with van der Waals surface area (Å²) in [6, 6.07) is 10.6. The minimum atomic E-state index is -4.94. The molecule has 0 unspecified atom stereocenters. The minimum Gasteiger partial charge on any atom is -0.397 e. The molecule has 14 heteroatoms. The summed E-state index contributed by atoms with van der Waals surface area (Å²) in [6.45, 7) is 1.58. The van der Waals surface area contributed by atoms with Crippen LogP contribution in [-0.2, 0) is 20.2 Å². The summed E-state index contributed by atoms with van der Waals surface area (Å²) >= 11 is 0. The van der Waals surface area contributed by atoms with Crippen LogP contribution in [0.2, 0.25) is 0 Å². The standard InChI is InChI=1S/C21H16N2O8S2.2Na/c1-10-6-7-13(15(8-10)32(26,27)28)23-14-9-16(33(29,30)31)19(22)18-17(14)20(24)11-4-2-3-5-12(11)21(18)25;;/h2-9,23H,22H2,1H3,(H,26,27,28)(H,29,30,31);;. The van der Waals surface area contributed by atoms with E-state index in [9.17, 15) is 35.5 Å². The number of hydrogen-bond donors (Lipinski definition) is 4. The van der Waals surface area contributed by atoms with Gasteiger partial charge < -0.3 is 11.1 Å². The van der Waals surface area contributed by atoms with Crippen LogP contribution in [0.1, 0.15) is 37.4 Å². The van der Waals surface area contributed by atoms with Crippen molar-refractivity contribution in [3.05, 3.63) is 76.3 Å². The Labute approximate surface area is 245 Å². The predicted octanol–water partition coefficient (Wildman–Crippen LogP) is 1.83. The first-order valence-corrected chi connectivity index (χ1v) is 12.2. The van der Waals surface area contributed by atoms with Gasteiger partial charge in [0.25, 0.3) is 20.2 Å². The van der Waals surface area contributed by atoms with Crippen molar-refractivity contribution in [2.45, 2.75) is 16.7 Å². The van der Waals surface area contributed by atoms with Gasteiger partial charge in [-0.05, 0) is 30.7 Å². The zero-order valence-electron chi connectivity index (χ0n) is 18.9. The summed E-state index contributed by atoms with van der Waals surface area (Å²) in [5, 5.41) is 2.61. The molecule has 4 rings (SSSR count). The number of carbonyl (C=O) groups is 2. The molecular formula is C21H16N2Na2O8S2. The van der Waals surface area contributed by atoms with Crippen LogP contribution < -0.4 is 11.1 Å². The number of nitrogens with one attached hydrogen (secondary N) is 1. The molecule has 2 radical (unpaired) electrons. The number of ketones is 2. The number of fused-ring (bicyclic) bond motifs is 2. The van der Waals surface area contributed by atoms with Crippen molar-refractivity contribution in [2.75, 3.05) is 11.1 Å². The van der Waals surface area contributed by atoms with Crippen molar-refractivity contribution in [2.24, 2.45) is 0 Å². The van der Waals surface area contributed by atoms with Gasteiger partial charge in [0.2, 0.25) is 0 Å². The molecule has 0 spiro atoms. The van der Waals surface area contributed by atoms with Crippen molar-refractivity contribution >= 4 is 108 Å². The number of benzene rings is 3. The summed E-state index contributed by atoms with van der Waals surface area (Å²) < 4.78 is 67.0. The van der Waals surface area contributed by atoms with Crippen LogP contribution in [0.3, 0.4) is 0 Å². The Bertz CT molecular complexity index is 1600. The number of nitrogens with two attached hydrogens (primary N) is 1. The Morgan fingerprint density at radius 3 is 1.77 bits per heavy atom. The Morgan fingerprint density at radius 1 is 0.743 bits per heavy atom. The molecule has 3 aromatic rings. The monoisotopic (exact) mass is 534 g/mol.